The minimum Gasteiger partial charge on any atom is -0.329 e. The van der Waals surface area contributed by atoms with Crippen molar-refractivity contribution >= 4 is 0 Å². The second-order valence-corrected chi connectivity index (χ2v) is 5.97. The average Bonchev–Trinajstić information content (AvgIpc) is 2.44. The number of benzene rings is 1. The molecule has 0 fully saturated rings. The third-order valence-electron chi connectivity index (χ3n) is 4.37. The van der Waals surface area contributed by atoms with Gasteiger partial charge in [-0.05, 0) is 36.9 Å². The maximum Gasteiger partial charge on any atom is 0.0304 e. The Balaban J connectivity index is 2.81. The van der Waals surface area contributed by atoms with E-state index in [9.17, 15) is 0 Å². The first-order valence-electron chi connectivity index (χ1n) is 7.50. The lowest BCUT2D eigenvalue weighted by Crippen LogP contribution is -2.50. The van der Waals surface area contributed by atoms with Crippen LogP contribution in [0.4, 0.5) is 0 Å². The summed E-state index contributed by atoms with van der Waals surface area (Å²) in [5, 5.41) is 0. The van der Waals surface area contributed by atoms with Crippen LogP contribution in [0.2, 0.25) is 0 Å². The van der Waals surface area contributed by atoms with Crippen LogP contribution in [0.1, 0.15) is 58.1 Å². The maximum absolute atomic E-state index is 5.97. The number of hydrogen-bond acceptors (Lipinski definition) is 2. The van der Waals surface area contributed by atoms with Crippen LogP contribution in [0.5, 0.6) is 0 Å². The highest BCUT2D eigenvalue weighted by Crippen LogP contribution is 2.22. The molecule has 0 aliphatic carbocycles. The lowest BCUT2D eigenvalue weighted by molar-refractivity contribution is 0.104. The van der Waals surface area contributed by atoms with Gasteiger partial charge in [-0.1, -0.05) is 52.0 Å². The molecule has 1 aromatic carbocycles. The lowest BCUT2D eigenvalue weighted by Gasteiger charge is -2.39. The van der Waals surface area contributed by atoms with Crippen LogP contribution in [0, 0.1) is 0 Å². The van der Waals surface area contributed by atoms with E-state index < -0.39 is 0 Å². The van der Waals surface area contributed by atoms with Gasteiger partial charge in [0.25, 0.3) is 0 Å². The van der Waals surface area contributed by atoms with Gasteiger partial charge in [0.15, 0.2) is 0 Å². The van der Waals surface area contributed by atoms with E-state index in [1.54, 1.807) is 0 Å². The minimum absolute atomic E-state index is 0.103. The van der Waals surface area contributed by atoms with E-state index in [-0.39, 0.29) is 5.54 Å². The molecule has 1 unspecified atom stereocenters. The van der Waals surface area contributed by atoms with Crippen LogP contribution in [0.15, 0.2) is 24.3 Å². The zero-order valence-electron chi connectivity index (χ0n) is 13.2. The summed E-state index contributed by atoms with van der Waals surface area (Å²) in [6, 6.07) is 9.01. The van der Waals surface area contributed by atoms with Crippen molar-refractivity contribution in [3.05, 3.63) is 35.4 Å². The van der Waals surface area contributed by atoms with Crippen LogP contribution in [0.3, 0.4) is 0 Å². The summed E-state index contributed by atoms with van der Waals surface area (Å²) in [5.41, 5.74) is 8.85. The molecule has 108 valence electrons. The fraction of sp³-hybridized carbons (Fsp3) is 0.647. The first-order chi connectivity index (χ1) is 8.96. The molecule has 1 aromatic rings. The van der Waals surface area contributed by atoms with Crippen molar-refractivity contribution in [3.63, 3.8) is 0 Å². The minimum atomic E-state index is 0.103. The largest absolute Gasteiger partial charge is 0.329 e. The van der Waals surface area contributed by atoms with E-state index in [1.165, 1.54) is 11.1 Å². The molecule has 2 N–H and O–H groups in total. The topological polar surface area (TPSA) is 29.3 Å². The fourth-order valence-corrected chi connectivity index (χ4v) is 2.41. The number of nitrogens with zero attached hydrogens (tertiary/aromatic N) is 1. The molecule has 0 bridgehead atoms. The second kappa shape index (κ2) is 7.06. The van der Waals surface area contributed by atoms with Crippen molar-refractivity contribution in [2.24, 2.45) is 5.73 Å². The molecule has 0 amide bonds. The van der Waals surface area contributed by atoms with Crippen molar-refractivity contribution < 1.29 is 0 Å². The van der Waals surface area contributed by atoms with Crippen molar-refractivity contribution in [2.45, 2.75) is 59.0 Å². The fourth-order valence-electron chi connectivity index (χ4n) is 2.41. The molecule has 0 radical (unpaired) electrons. The van der Waals surface area contributed by atoms with Gasteiger partial charge in [-0.3, -0.25) is 4.90 Å². The zero-order chi connectivity index (χ0) is 14.5. The van der Waals surface area contributed by atoms with Gasteiger partial charge < -0.3 is 5.73 Å². The molecule has 0 spiro atoms. The molecule has 0 saturated carbocycles. The molecule has 2 nitrogen and oxygen atoms in total. The predicted molar refractivity (Wildman–Crippen MR) is 84.4 cm³/mol. The Kier molecular flexibility index (Phi) is 6.02. The smallest absolute Gasteiger partial charge is 0.0304 e. The zero-order valence-corrected chi connectivity index (χ0v) is 13.2. The van der Waals surface area contributed by atoms with Gasteiger partial charge >= 0.3 is 0 Å². The van der Waals surface area contributed by atoms with E-state index in [4.69, 9.17) is 5.73 Å². The SMILES string of the molecule is CCN(Cc1ccc(C(C)C)cc1)C(C)(CC)CN. The molecule has 0 aliphatic rings. The number of hydrogen-bond donors (Lipinski definition) is 1. The van der Waals surface area contributed by atoms with Crippen LogP contribution < -0.4 is 5.73 Å². The van der Waals surface area contributed by atoms with E-state index in [2.05, 4.69) is 63.8 Å². The summed E-state index contributed by atoms with van der Waals surface area (Å²) < 4.78 is 0. The Morgan fingerprint density at radius 1 is 1.16 bits per heavy atom. The summed E-state index contributed by atoms with van der Waals surface area (Å²) in [6.45, 7) is 13.9. The van der Waals surface area contributed by atoms with Crippen LogP contribution in [0.25, 0.3) is 0 Å². The first-order valence-corrected chi connectivity index (χ1v) is 7.50. The number of nitrogens with two attached hydrogens (primary N) is 1. The van der Waals surface area contributed by atoms with Gasteiger partial charge in [0.05, 0.1) is 0 Å². The second-order valence-electron chi connectivity index (χ2n) is 5.97. The normalized spacial score (nSPS) is 14.9. The van der Waals surface area contributed by atoms with Gasteiger partial charge in [0, 0.05) is 18.6 Å². The Morgan fingerprint density at radius 2 is 1.74 bits per heavy atom. The standard InChI is InChI=1S/C17H30N2/c1-6-17(5,13-18)19(7-2)12-15-8-10-16(11-9-15)14(3)4/h8-11,14H,6-7,12-13,18H2,1-5H3. The van der Waals surface area contributed by atoms with Crippen molar-refractivity contribution in [2.75, 3.05) is 13.1 Å². The molecule has 0 aromatic heterocycles. The summed E-state index contributed by atoms with van der Waals surface area (Å²) in [4.78, 5) is 2.48. The third kappa shape index (κ3) is 4.05. The van der Waals surface area contributed by atoms with Gasteiger partial charge in [-0.2, -0.15) is 0 Å². The molecular formula is C17H30N2. The van der Waals surface area contributed by atoms with E-state index >= 15 is 0 Å². The highest BCUT2D eigenvalue weighted by atomic mass is 15.2. The molecule has 2 heteroatoms. The Bertz CT molecular complexity index is 363. The molecule has 0 aliphatic heterocycles. The van der Waals surface area contributed by atoms with Gasteiger partial charge in [0.1, 0.15) is 0 Å². The van der Waals surface area contributed by atoms with E-state index in [0.29, 0.717) is 12.5 Å². The molecule has 0 saturated heterocycles. The quantitative estimate of drug-likeness (QED) is 0.810. The van der Waals surface area contributed by atoms with E-state index in [1.807, 2.05) is 0 Å². The van der Waals surface area contributed by atoms with Crippen molar-refractivity contribution in [3.8, 4) is 0 Å². The Labute approximate surface area is 119 Å². The van der Waals surface area contributed by atoms with E-state index in [0.717, 1.165) is 19.5 Å². The third-order valence-corrected chi connectivity index (χ3v) is 4.37. The summed E-state index contributed by atoms with van der Waals surface area (Å²) in [7, 11) is 0. The Morgan fingerprint density at radius 3 is 2.11 bits per heavy atom. The van der Waals surface area contributed by atoms with Crippen molar-refractivity contribution in [1.29, 1.82) is 0 Å². The summed E-state index contributed by atoms with van der Waals surface area (Å²) in [6.07, 6.45) is 1.08. The van der Waals surface area contributed by atoms with Crippen LogP contribution in [-0.4, -0.2) is 23.5 Å². The molecule has 19 heavy (non-hydrogen) atoms. The van der Waals surface area contributed by atoms with Gasteiger partial charge in [-0.15, -0.1) is 0 Å². The number of likely N-dealkylation sites (N-methyl/N-ethyl adjacent to an activating group) is 1. The molecule has 1 rings (SSSR count). The molecule has 1 atom stereocenters. The first kappa shape index (κ1) is 16.2. The van der Waals surface area contributed by atoms with Gasteiger partial charge in [-0.25, -0.2) is 0 Å². The van der Waals surface area contributed by atoms with Crippen molar-refractivity contribution in [1.82, 2.24) is 4.90 Å². The average molecular weight is 262 g/mol. The Hall–Kier alpha value is -0.860. The lowest BCUT2D eigenvalue weighted by atomic mass is 9.95. The maximum atomic E-state index is 5.97. The van der Waals surface area contributed by atoms with Crippen LogP contribution in [-0.2, 0) is 6.54 Å². The summed E-state index contributed by atoms with van der Waals surface area (Å²) >= 11 is 0. The highest BCUT2D eigenvalue weighted by Gasteiger charge is 2.27. The van der Waals surface area contributed by atoms with Gasteiger partial charge in [0.2, 0.25) is 0 Å². The predicted octanol–water partition coefficient (Wildman–Crippen LogP) is 3.76. The monoisotopic (exact) mass is 262 g/mol. The molecular weight excluding hydrogens is 232 g/mol. The molecule has 0 heterocycles. The highest BCUT2D eigenvalue weighted by molar-refractivity contribution is 5.24. The summed E-state index contributed by atoms with van der Waals surface area (Å²) in [5.74, 6) is 0.598. The number of rotatable bonds is 7. The van der Waals surface area contributed by atoms with Crippen LogP contribution >= 0.6 is 0 Å².